The van der Waals surface area contributed by atoms with E-state index in [-0.39, 0.29) is 25.6 Å². The molecule has 2 rings (SSSR count). The molecule has 4 atom stereocenters. The van der Waals surface area contributed by atoms with Crippen molar-refractivity contribution in [3.8, 4) is 0 Å². The molecule has 0 bridgehead atoms. The standard InChI is InChI=1S/C10H16N3O7PSe/c1-22-8-7(14)5(4-19-21(16,17)18)20-9(8)13-3-2-6(11)12-10(13)15/h2-3,5,7-9,14H,4H2,1H3,(H2,11,12,15)(H2,16,17,18)/t5-,7-,8-,9-/m1/s1. The van der Waals surface area contributed by atoms with E-state index in [2.05, 4.69) is 9.51 Å². The molecule has 1 aliphatic rings. The second-order valence-corrected chi connectivity index (χ2v) is 7.96. The second-order valence-electron chi connectivity index (χ2n) is 4.58. The van der Waals surface area contributed by atoms with Crippen LogP contribution in [0, 0.1) is 0 Å². The number of nitrogen functional groups attached to an aromatic ring is 1. The van der Waals surface area contributed by atoms with Gasteiger partial charge in [-0.25, -0.2) is 0 Å². The molecule has 0 radical (unpaired) electrons. The van der Waals surface area contributed by atoms with E-state index < -0.39 is 38.6 Å². The predicted molar refractivity (Wildman–Crippen MR) is 76.2 cm³/mol. The van der Waals surface area contributed by atoms with Crippen LogP contribution in [0.5, 0.6) is 0 Å². The Morgan fingerprint density at radius 2 is 2.27 bits per heavy atom. The van der Waals surface area contributed by atoms with E-state index in [0.29, 0.717) is 0 Å². The molecule has 2 heterocycles. The van der Waals surface area contributed by atoms with Crippen molar-refractivity contribution >= 4 is 28.6 Å². The maximum absolute atomic E-state index is 11.9. The minimum absolute atomic E-state index is 0.0692. The molecule has 0 spiro atoms. The summed E-state index contributed by atoms with van der Waals surface area (Å²) in [5.74, 6) is 1.93. The van der Waals surface area contributed by atoms with Crippen LogP contribution in [0.2, 0.25) is 10.6 Å². The van der Waals surface area contributed by atoms with E-state index in [1.54, 1.807) is 0 Å². The molecule has 1 aromatic heterocycles. The summed E-state index contributed by atoms with van der Waals surface area (Å²) < 4.78 is 21.9. The van der Waals surface area contributed by atoms with Gasteiger partial charge in [-0.15, -0.1) is 0 Å². The first-order chi connectivity index (χ1) is 10.2. The molecular formula is C10H16N3O7PSe. The fourth-order valence-corrected chi connectivity index (χ4v) is 4.32. The number of phosphoric ester groups is 1. The first kappa shape index (κ1) is 17.6. The van der Waals surface area contributed by atoms with Crippen molar-refractivity contribution in [3.63, 3.8) is 0 Å². The number of hydrogen-bond donors (Lipinski definition) is 4. The first-order valence-electron chi connectivity index (χ1n) is 6.14. The van der Waals surface area contributed by atoms with Crippen molar-refractivity contribution in [2.45, 2.75) is 29.1 Å². The van der Waals surface area contributed by atoms with Gasteiger partial charge in [0.1, 0.15) is 0 Å². The Bertz CT molecular complexity index is 635. The molecule has 0 aliphatic carbocycles. The first-order valence-corrected chi connectivity index (χ1v) is 10.4. The number of phosphoric acid groups is 1. The number of aliphatic hydroxyl groups is 1. The molecule has 0 unspecified atom stereocenters. The van der Waals surface area contributed by atoms with Crippen molar-refractivity contribution in [2.75, 3.05) is 12.3 Å². The van der Waals surface area contributed by atoms with E-state index in [0.717, 1.165) is 0 Å². The van der Waals surface area contributed by atoms with Crippen LogP contribution in [-0.4, -0.2) is 58.2 Å². The third kappa shape index (κ3) is 3.95. The molecular weight excluding hydrogens is 384 g/mol. The van der Waals surface area contributed by atoms with E-state index in [9.17, 15) is 14.5 Å². The molecule has 1 fully saturated rings. The number of ether oxygens (including phenoxy) is 1. The van der Waals surface area contributed by atoms with Gasteiger partial charge in [0.2, 0.25) is 0 Å². The van der Waals surface area contributed by atoms with Crippen LogP contribution < -0.4 is 11.4 Å². The van der Waals surface area contributed by atoms with Gasteiger partial charge in [-0.3, -0.25) is 0 Å². The van der Waals surface area contributed by atoms with Gasteiger partial charge in [0.15, 0.2) is 0 Å². The summed E-state index contributed by atoms with van der Waals surface area (Å²) in [5.41, 5.74) is 4.80. The SMILES string of the molecule is C[Se][C@@H]1[C@H](O)[C@@H](COP(=O)(O)O)O[C@H]1n1ccc(N)nc1=O. The van der Waals surface area contributed by atoms with E-state index in [1.807, 2.05) is 5.82 Å². The fraction of sp³-hybridized carbons (Fsp3) is 0.600. The Labute approximate surface area is 131 Å². The number of hydrogen-bond acceptors (Lipinski definition) is 7. The topological polar surface area (TPSA) is 157 Å². The summed E-state index contributed by atoms with van der Waals surface area (Å²) in [6.07, 6.45) is -1.33. The van der Waals surface area contributed by atoms with Gasteiger partial charge in [0.05, 0.1) is 0 Å². The van der Waals surface area contributed by atoms with Crippen molar-refractivity contribution in [3.05, 3.63) is 22.7 Å². The molecule has 10 nitrogen and oxygen atoms in total. The van der Waals surface area contributed by atoms with E-state index in [4.69, 9.17) is 20.3 Å². The zero-order valence-corrected chi connectivity index (χ0v) is 14.1. The van der Waals surface area contributed by atoms with Crippen molar-refractivity contribution in [1.29, 1.82) is 0 Å². The van der Waals surface area contributed by atoms with Crippen molar-refractivity contribution in [1.82, 2.24) is 9.55 Å². The summed E-state index contributed by atoms with van der Waals surface area (Å²) in [6.45, 7) is -0.480. The number of aliphatic hydroxyl groups excluding tert-OH is 1. The molecule has 5 N–H and O–H groups in total. The molecule has 12 heteroatoms. The van der Waals surface area contributed by atoms with Gasteiger partial charge in [-0.2, -0.15) is 0 Å². The fourth-order valence-electron chi connectivity index (χ4n) is 2.12. The van der Waals surface area contributed by atoms with Gasteiger partial charge < -0.3 is 0 Å². The van der Waals surface area contributed by atoms with Gasteiger partial charge in [-0.1, -0.05) is 0 Å². The average molecular weight is 400 g/mol. The van der Waals surface area contributed by atoms with Gasteiger partial charge in [0, 0.05) is 0 Å². The van der Waals surface area contributed by atoms with Crippen LogP contribution in [0.25, 0.3) is 0 Å². The number of aromatic nitrogens is 2. The summed E-state index contributed by atoms with van der Waals surface area (Å²) >= 11 is -0.0955. The predicted octanol–water partition coefficient (Wildman–Crippen LogP) is -1.27. The molecule has 0 amide bonds. The monoisotopic (exact) mass is 401 g/mol. The van der Waals surface area contributed by atoms with Crippen LogP contribution in [0.4, 0.5) is 5.82 Å². The maximum atomic E-state index is 11.9. The summed E-state index contributed by atoms with van der Waals surface area (Å²) in [4.78, 5) is 32.5. The van der Waals surface area contributed by atoms with Crippen LogP contribution in [-0.2, 0) is 13.8 Å². The summed E-state index contributed by atoms with van der Waals surface area (Å²) in [7, 11) is -4.66. The van der Waals surface area contributed by atoms with Crippen LogP contribution in [0.1, 0.15) is 6.23 Å². The van der Waals surface area contributed by atoms with Gasteiger partial charge >= 0.3 is 131 Å². The van der Waals surface area contributed by atoms with Crippen LogP contribution in [0.3, 0.4) is 0 Å². The third-order valence-electron chi connectivity index (χ3n) is 3.12. The zero-order chi connectivity index (χ0) is 16.5. The zero-order valence-electron chi connectivity index (χ0n) is 11.5. The quantitative estimate of drug-likeness (QED) is 0.350. The molecule has 1 saturated heterocycles. The molecule has 1 aliphatic heterocycles. The molecule has 124 valence electrons. The number of anilines is 1. The Morgan fingerprint density at radius 3 is 2.82 bits per heavy atom. The van der Waals surface area contributed by atoms with Crippen LogP contribution in [0.15, 0.2) is 17.1 Å². The van der Waals surface area contributed by atoms with Crippen molar-refractivity contribution in [2.24, 2.45) is 0 Å². The van der Waals surface area contributed by atoms with Gasteiger partial charge in [-0.05, 0) is 0 Å². The molecule has 0 saturated carbocycles. The van der Waals surface area contributed by atoms with Crippen molar-refractivity contribution < 1.29 is 28.7 Å². The second kappa shape index (κ2) is 6.77. The molecule has 22 heavy (non-hydrogen) atoms. The van der Waals surface area contributed by atoms with Crippen LogP contribution >= 0.6 is 7.82 Å². The minimum atomic E-state index is -4.66. The van der Waals surface area contributed by atoms with E-state index in [1.165, 1.54) is 16.8 Å². The van der Waals surface area contributed by atoms with E-state index >= 15 is 0 Å². The summed E-state index contributed by atoms with van der Waals surface area (Å²) in [5, 5.41) is 10.2. The Kier molecular flexibility index (Phi) is 5.41. The van der Waals surface area contributed by atoms with Gasteiger partial charge in [0.25, 0.3) is 0 Å². The Balaban J connectivity index is 2.21. The number of nitrogens with zero attached hydrogens (tertiary/aromatic N) is 2. The third-order valence-corrected chi connectivity index (χ3v) is 5.82. The molecule has 0 aromatic carbocycles. The summed E-state index contributed by atoms with van der Waals surface area (Å²) in [6, 6.07) is 1.43. The molecule has 1 aromatic rings. The number of nitrogens with two attached hydrogens (primary N) is 1. The normalized spacial score (nSPS) is 28.9. The Morgan fingerprint density at radius 1 is 1.59 bits per heavy atom. The number of rotatable bonds is 5. The Hall–Kier alpha value is -0.771. The average Bonchev–Trinajstić information content (AvgIpc) is 2.72.